The number of carbonyl (C=O) groups excluding carboxylic acids is 1. The second kappa shape index (κ2) is 3.06. The Labute approximate surface area is 86.0 Å². The van der Waals surface area contributed by atoms with Crippen molar-refractivity contribution in [3.63, 3.8) is 0 Å². The Hall–Kier alpha value is -0.370. The molecule has 2 nitrogen and oxygen atoms in total. The molecule has 80 valence electrons. The summed E-state index contributed by atoms with van der Waals surface area (Å²) in [6.45, 7) is 6.45. The minimum Gasteiger partial charge on any atom is -0.361 e. The van der Waals surface area contributed by atoms with Gasteiger partial charge in [0, 0.05) is 0 Å². The number of aldehydes is 1. The van der Waals surface area contributed by atoms with Crippen molar-refractivity contribution in [3.05, 3.63) is 0 Å². The summed E-state index contributed by atoms with van der Waals surface area (Å²) in [6, 6.07) is 0. The Bertz CT molecular complexity index is 241. The molecule has 1 heterocycles. The highest BCUT2D eigenvalue weighted by molar-refractivity contribution is 5.62. The van der Waals surface area contributed by atoms with Gasteiger partial charge >= 0.3 is 0 Å². The highest BCUT2D eigenvalue weighted by Crippen LogP contribution is 2.53. The Morgan fingerprint density at radius 2 is 2.00 bits per heavy atom. The van der Waals surface area contributed by atoms with Gasteiger partial charge in [-0.15, -0.1) is 0 Å². The number of hydrogen-bond acceptors (Lipinski definition) is 2. The van der Waals surface area contributed by atoms with Crippen molar-refractivity contribution in [3.8, 4) is 0 Å². The topological polar surface area (TPSA) is 26.3 Å². The summed E-state index contributed by atoms with van der Waals surface area (Å²) in [5.41, 5.74) is -0.410. The lowest BCUT2D eigenvalue weighted by atomic mass is 9.65. The molecule has 0 N–H and O–H groups in total. The van der Waals surface area contributed by atoms with Gasteiger partial charge in [0.2, 0.25) is 0 Å². The van der Waals surface area contributed by atoms with Gasteiger partial charge < -0.3 is 9.53 Å². The van der Waals surface area contributed by atoms with Gasteiger partial charge in [-0.05, 0) is 44.4 Å². The van der Waals surface area contributed by atoms with Gasteiger partial charge in [-0.25, -0.2) is 0 Å². The molecule has 0 aromatic heterocycles. The van der Waals surface area contributed by atoms with Crippen LogP contribution < -0.4 is 0 Å². The van der Waals surface area contributed by atoms with Crippen LogP contribution in [0.3, 0.4) is 0 Å². The summed E-state index contributed by atoms with van der Waals surface area (Å²) in [7, 11) is 0. The maximum absolute atomic E-state index is 10.8. The van der Waals surface area contributed by atoms with E-state index in [0.29, 0.717) is 0 Å². The predicted octanol–water partition coefficient (Wildman–Crippen LogP) is 2.56. The molecule has 0 amide bonds. The molecule has 1 unspecified atom stereocenters. The van der Waals surface area contributed by atoms with Gasteiger partial charge in [-0.3, -0.25) is 0 Å². The third kappa shape index (κ3) is 1.50. The van der Waals surface area contributed by atoms with E-state index in [2.05, 4.69) is 13.8 Å². The third-order valence-electron chi connectivity index (χ3n) is 3.99. The second-order valence-electron chi connectivity index (χ2n) is 5.63. The molecule has 0 aromatic rings. The largest absolute Gasteiger partial charge is 0.361 e. The van der Waals surface area contributed by atoms with Gasteiger partial charge in [0.15, 0.2) is 6.29 Å². The first-order valence-electron chi connectivity index (χ1n) is 5.65. The minimum absolute atomic E-state index is 0.0740. The Kier molecular flexibility index (Phi) is 2.22. The number of ether oxygens (including phenoxy) is 1. The first-order valence-corrected chi connectivity index (χ1v) is 5.65. The number of hydrogen-bond donors (Lipinski definition) is 0. The summed E-state index contributed by atoms with van der Waals surface area (Å²) in [5.74, 6) is 1.57. The van der Waals surface area contributed by atoms with Crippen LogP contribution in [0, 0.1) is 11.8 Å². The Morgan fingerprint density at radius 1 is 1.36 bits per heavy atom. The molecule has 1 atom stereocenters. The van der Waals surface area contributed by atoms with Crippen molar-refractivity contribution in [2.45, 2.75) is 57.7 Å². The van der Waals surface area contributed by atoms with Gasteiger partial charge in [-0.2, -0.15) is 0 Å². The monoisotopic (exact) mass is 196 g/mol. The Balaban J connectivity index is 1.95. The molecule has 0 bridgehead atoms. The smallest absolute Gasteiger partial charge is 0.151 e. The van der Waals surface area contributed by atoms with Crippen LogP contribution in [-0.4, -0.2) is 17.5 Å². The van der Waals surface area contributed by atoms with Crippen molar-refractivity contribution in [1.29, 1.82) is 0 Å². The van der Waals surface area contributed by atoms with Crippen molar-refractivity contribution < 1.29 is 9.53 Å². The molecule has 0 radical (unpaired) electrons. The lowest BCUT2D eigenvalue weighted by Crippen LogP contribution is -2.47. The lowest BCUT2D eigenvalue weighted by molar-refractivity contribution is -0.166. The van der Waals surface area contributed by atoms with Crippen LogP contribution in [0.25, 0.3) is 0 Å². The zero-order valence-electron chi connectivity index (χ0n) is 9.38. The maximum Gasteiger partial charge on any atom is 0.151 e. The quantitative estimate of drug-likeness (QED) is 0.634. The van der Waals surface area contributed by atoms with Gasteiger partial charge in [-0.1, -0.05) is 13.8 Å². The average Bonchev–Trinajstić information content (AvgIpc) is 2.42. The molecule has 1 spiro atoms. The molecule has 2 aliphatic rings. The van der Waals surface area contributed by atoms with Crippen LogP contribution in [-0.2, 0) is 9.53 Å². The highest BCUT2D eigenvalue weighted by atomic mass is 16.5. The first-order chi connectivity index (χ1) is 6.49. The number of rotatable bonds is 2. The van der Waals surface area contributed by atoms with E-state index < -0.39 is 5.60 Å². The third-order valence-corrected chi connectivity index (χ3v) is 3.99. The van der Waals surface area contributed by atoms with E-state index in [0.717, 1.165) is 43.8 Å². The Morgan fingerprint density at radius 3 is 2.43 bits per heavy atom. The average molecular weight is 196 g/mol. The summed E-state index contributed by atoms with van der Waals surface area (Å²) in [6.07, 6.45) is 5.28. The van der Waals surface area contributed by atoms with Crippen LogP contribution in [0.15, 0.2) is 0 Å². The normalized spacial score (nSPS) is 47.0. The second-order valence-corrected chi connectivity index (χ2v) is 5.63. The van der Waals surface area contributed by atoms with E-state index in [1.165, 1.54) is 0 Å². The predicted molar refractivity (Wildman–Crippen MR) is 55.1 cm³/mol. The summed E-state index contributed by atoms with van der Waals surface area (Å²) < 4.78 is 5.93. The lowest BCUT2D eigenvalue weighted by Gasteiger charge is -2.47. The van der Waals surface area contributed by atoms with Gasteiger partial charge in [0.1, 0.15) is 5.60 Å². The molecule has 1 aliphatic carbocycles. The fourth-order valence-corrected chi connectivity index (χ4v) is 2.81. The zero-order valence-corrected chi connectivity index (χ0v) is 9.38. The van der Waals surface area contributed by atoms with Gasteiger partial charge in [0.25, 0.3) is 0 Å². The van der Waals surface area contributed by atoms with Crippen molar-refractivity contribution in [2.24, 2.45) is 11.8 Å². The van der Waals surface area contributed by atoms with E-state index >= 15 is 0 Å². The molecule has 14 heavy (non-hydrogen) atoms. The van der Waals surface area contributed by atoms with Crippen LogP contribution >= 0.6 is 0 Å². The molecular weight excluding hydrogens is 176 g/mol. The first kappa shape index (κ1) is 10.2. The molecule has 2 rings (SSSR count). The van der Waals surface area contributed by atoms with Crippen LogP contribution in [0.1, 0.15) is 46.5 Å². The van der Waals surface area contributed by atoms with Crippen LogP contribution in [0.2, 0.25) is 0 Å². The zero-order chi connectivity index (χ0) is 10.4. The van der Waals surface area contributed by atoms with E-state index in [1.54, 1.807) is 0 Å². The van der Waals surface area contributed by atoms with E-state index in [1.807, 2.05) is 6.92 Å². The summed E-state index contributed by atoms with van der Waals surface area (Å²) >= 11 is 0. The SMILES string of the molecule is CC(C)C1CC2(CCC(C)(C=O)O2)C1. The molecule has 2 fully saturated rings. The molecule has 1 aliphatic heterocycles. The molecule has 0 aromatic carbocycles. The van der Waals surface area contributed by atoms with Crippen molar-refractivity contribution >= 4 is 6.29 Å². The molecule has 2 heteroatoms. The van der Waals surface area contributed by atoms with Crippen LogP contribution in [0.4, 0.5) is 0 Å². The van der Waals surface area contributed by atoms with E-state index in [4.69, 9.17) is 4.74 Å². The fourth-order valence-electron chi connectivity index (χ4n) is 2.81. The van der Waals surface area contributed by atoms with E-state index in [9.17, 15) is 4.79 Å². The molecule has 1 saturated heterocycles. The molecule has 1 saturated carbocycles. The van der Waals surface area contributed by atoms with Crippen molar-refractivity contribution in [1.82, 2.24) is 0 Å². The van der Waals surface area contributed by atoms with Crippen LogP contribution in [0.5, 0.6) is 0 Å². The summed E-state index contributed by atoms with van der Waals surface area (Å²) in [5, 5.41) is 0. The van der Waals surface area contributed by atoms with Crippen molar-refractivity contribution in [2.75, 3.05) is 0 Å². The highest BCUT2D eigenvalue weighted by Gasteiger charge is 2.54. The van der Waals surface area contributed by atoms with Gasteiger partial charge in [0.05, 0.1) is 5.60 Å². The molecular formula is C12H20O2. The fraction of sp³-hybridized carbons (Fsp3) is 0.917. The number of carbonyl (C=O) groups is 1. The van der Waals surface area contributed by atoms with E-state index in [-0.39, 0.29) is 5.60 Å². The maximum atomic E-state index is 10.8. The standard InChI is InChI=1S/C12H20O2/c1-9(2)10-6-12(7-10)5-4-11(3,8-13)14-12/h8-10H,4-7H2,1-3H3. The summed E-state index contributed by atoms with van der Waals surface area (Å²) in [4.78, 5) is 10.8. The minimum atomic E-state index is -0.484.